The second-order valence-electron chi connectivity index (χ2n) is 3.76. The second kappa shape index (κ2) is 2.70. The van der Waals surface area contributed by atoms with Crippen LogP contribution in [0.15, 0.2) is 12.1 Å². The number of aromatic nitrogens is 3. The van der Waals surface area contributed by atoms with E-state index in [9.17, 15) is 0 Å². The third-order valence-electron chi connectivity index (χ3n) is 2.90. The molecular formula is C10H12N4. The summed E-state index contributed by atoms with van der Waals surface area (Å²) in [6.45, 7) is 0. The van der Waals surface area contributed by atoms with Crippen molar-refractivity contribution < 1.29 is 0 Å². The summed E-state index contributed by atoms with van der Waals surface area (Å²) in [5.41, 5.74) is 9.35. The first kappa shape index (κ1) is 7.79. The number of hydrogen-bond acceptors (Lipinski definition) is 3. The summed E-state index contributed by atoms with van der Waals surface area (Å²) >= 11 is 0. The molecule has 0 bridgehead atoms. The highest BCUT2D eigenvalue weighted by Gasteiger charge is 2.14. The zero-order chi connectivity index (χ0) is 9.54. The molecular weight excluding hydrogens is 176 g/mol. The van der Waals surface area contributed by atoms with Crippen molar-refractivity contribution in [3.8, 4) is 0 Å². The van der Waals surface area contributed by atoms with Crippen LogP contribution in [0.4, 0.5) is 5.95 Å². The van der Waals surface area contributed by atoms with Crippen molar-refractivity contribution in [2.24, 2.45) is 0 Å². The van der Waals surface area contributed by atoms with Gasteiger partial charge in [0, 0.05) is 5.69 Å². The van der Waals surface area contributed by atoms with Gasteiger partial charge in [-0.2, -0.15) is 0 Å². The molecule has 0 amide bonds. The summed E-state index contributed by atoms with van der Waals surface area (Å²) in [6, 6.07) is 4.14. The van der Waals surface area contributed by atoms with Crippen LogP contribution in [-0.2, 0) is 12.8 Å². The number of anilines is 1. The van der Waals surface area contributed by atoms with Crippen LogP contribution in [0.2, 0.25) is 0 Å². The third-order valence-corrected chi connectivity index (χ3v) is 2.90. The Labute approximate surface area is 81.8 Å². The monoisotopic (exact) mass is 188 g/mol. The summed E-state index contributed by atoms with van der Waals surface area (Å²) in [4.78, 5) is 0. The fraction of sp³-hybridized carbons (Fsp3) is 0.400. The molecule has 0 aliphatic heterocycles. The Balaban J connectivity index is 2.38. The van der Waals surface area contributed by atoms with E-state index >= 15 is 0 Å². The minimum atomic E-state index is 0.513. The topological polar surface area (TPSA) is 56.2 Å². The van der Waals surface area contributed by atoms with E-state index in [0.29, 0.717) is 5.95 Å². The molecule has 2 aromatic heterocycles. The maximum Gasteiger partial charge on any atom is 0.226 e. The quantitative estimate of drug-likeness (QED) is 0.675. The molecule has 2 heterocycles. The number of fused-ring (bicyclic) bond motifs is 3. The first-order valence-corrected chi connectivity index (χ1v) is 4.97. The Morgan fingerprint density at radius 2 is 2.00 bits per heavy atom. The molecule has 2 N–H and O–H groups in total. The van der Waals surface area contributed by atoms with E-state index in [0.717, 1.165) is 18.5 Å². The lowest BCUT2D eigenvalue weighted by atomic mass is 9.96. The number of aryl methyl sites for hydroxylation is 2. The fourth-order valence-corrected chi connectivity index (χ4v) is 2.22. The molecule has 0 atom stereocenters. The predicted octanol–water partition coefficient (Wildman–Crippen LogP) is 1.19. The van der Waals surface area contributed by atoms with Gasteiger partial charge in [0.15, 0.2) is 5.65 Å². The molecule has 1 aliphatic rings. The van der Waals surface area contributed by atoms with E-state index in [1.807, 2.05) is 10.5 Å². The van der Waals surface area contributed by atoms with E-state index in [1.165, 1.54) is 24.1 Å². The van der Waals surface area contributed by atoms with Crippen LogP contribution in [0.25, 0.3) is 5.65 Å². The van der Waals surface area contributed by atoms with Gasteiger partial charge in [-0.15, -0.1) is 10.2 Å². The van der Waals surface area contributed by atoms with Crippen LogP contribution in [-0.4, -0.2) is 14.6 Å². The average molecular weight is 188 g/mol. The van der Waals surface area contributed by atoms with Gasteiger partial charge in [0.25, 0.3) is 0 Å². The minimum absolute atomic E-state index is 0.513. The highest BCUT2D eigenvalue weighted by atomic mass is 15.3. The Kier molecular flexibility index (Phi) is 1.50. The van der Waals surface area contributed by atoms with Gasteiger partial charge in [0.2, 0.25) is 5.95 Å². The molecule has 0 saturated carbocycles. The molecule has 14 heavy (non-hydrogen) atoms. The summed E-state index contributed by atoms with van der Waals surface area (Å²) in [5.74, 6) is 0.513. The summed E-state index contributed by atoms with van der Waals surface area (Å²) in [7, 11) is 0. The predicted molar refractivity (Wildman–Crippen MR) is 54.0 cm³/mol. The number of nitrogens with two attached hydrogens (primary N) is 1. The van der Waals surface area contributed by atoms with Crippen molar-refractivity contribution in [3.05, 3.63) is 23.4 Å². The van der Waals surface area contributed by atoms with Crippen LogP contribution in [0, 0.1) is 0 Å². The number of pyridine rings is 1. The molecule has 3 rings (SSSR count). The van der Waals surface area contributed by atoms with Crippen LogP contribution >= 0.6 is 0 Å². The molecule has 0 fully saturated rings. The second-order valence-corrected chi connectivity index (χ2v) is 3.76. The van der Waals surface area contributed by atoms with Gasteiger partial charge in [-0.1, -0.05) is 6.07 Å². The minimum Gasteiger partial charge on any atom is -0.368 e. The highest BCUT2D eigenvalue weighted by Crippen LogP contribution is 2.23. The highest BCUT2D eigenvalue weighted by molar-refractivity contribution is 5.48. The Hall–Kier alpha value is -1.58. The molecule has 0 aromatic carbocycles. The van der Waals surface area contributed by atoms with E-state index in [4.69, 9.17) is 5.73 Å². The first-order chi connectivity index (χ1) is 6.86. The standard InChI is InChI=1S/C10H12N4/c11-10-13-12-9-6-5-7-3-1-2-4-8(7)14(9)10/h5-6H,1-4H2,(H2,11,13). The number of rotatable bonds is 0. The molecule has 1 aliphatic carbocycles. The van der Waals surface area contributed by atoms with Crippen LogP contribution in [0.5, 0.6) is 0 Å². The van der Waals surface area contributed by atoms with Gasteiger partial charge in [0.05, 0.1) is 0 Å². The van der Waals surface area contributed by atoms with Gasteiger partial charge in [-0.25, -0.2) is 0 Å². The van der Waals surface area contributed by atoms with Crippen molar-refractivity contribution in [2.45, 2.75) is 25.7 Å². The lowest BCUT2D eigenvalue weighted by molar-refractivity contribution is 0.661. The maximum absolute atomic E-state index is 5.79. The number of hydrogen-bond donors (Lipinski definition) is 1. The zero-order valence-electron chi connectivity index (χ0n) is 7.90. The van der Waals surface area contributed by atoms with E-state index in [-0.39, 0.29) is 0 Å². The molecule has 4 heteroatoms. The van der Waals surface area contributed by atoms with Crippen molar-refractivity contribution in [2.75, 3.05) is 5.73 Å². The number of nitrogens with zero attached hydrogens (tertiary/aromatic N) is 3. The Morgan fingerprint density at radius 1 is 1.14 bits per heavy atom. The van der Waals surface area contributed by atoms with Crippen LogP contribution in [0.3, 0.4) is 0 Å². The van der Waals surface area contributed by atoms with Gasteiger partial charge in [-0.3, -0.25) is 4.40 Å². The fourth-order valence-electron chi connectivity index (χ4n) is 2.22. The molecule has 2 aromatic rings. The van der Waals surface area contributed by atoms with Gasteiger partial charge in [-0.05, 0) is 37.3 Å². The molecule has 0 saturated heterocycles. The van der Waals surface area contributed by atoms with Crippen LogP contribution < -0.4 is 5.73 Å². The molecule has 0 spiro atoms. The Morgan fingerprint density at radius 3 is 2.93 bits per heavy atom. The van der Waals surface area contributed by atoms with E-state index in [2.05, 4.69) is 16.3 Å². The lowest BCUT2D eigenvalue weighted by Crippen LogP contribution is -2.10. The van der Waals surface area contributed by atoms with Gasteiger partial charge in [0.1, 0.15) is 0 Å². The van der Waals surface area contributed by atoms with Crippen molar-refractivity contribution >= 4 is 11.6 Å². The molecule has 0 unspecified atom stereocenters. The normalized spacial score (nSPS) is 15.7. The Bertz CT molecular complexity index is 486. The van der Waals surface area contributed by atoms with Gasteiger partial charge < -0.3 is 5.73 Å². The van der Waals surface area contributed by atoms with Crippen LogP contribution in [0.1, 0.15) is 24.1 Å². The van der Waals surface area contributed by atoms with E-state index < -0.39 is 0 Å². The zero-order valence-corrected chi connectivity index (χ0v) is 7.90. The maximum atomic E-state index is 5.79. The molecule has 0 radical (unpaired) electrons. The van der Waals surface area contributed by atoms with Gasteiger partial charge >= 0.3 is 0 Å². The number of nitrogen functional groups attached to an aromatic ring is 1. The first-order valence-electron chi connectivity index (χ1n) is 4.97. The van der Waals surface area contributed by atoms with Crippen molar-refractivity contribution in [3.63, 3.8) is 0 Å². The summed E-state index contributed by atoms with van der Waals surface area (Å²) in [6.07, 6.45) is 4.77. The smallest absolute Gasteiger partial charge is 0.226 e. The SMILES string of the molecule is Nc1nnc2ccc3c(n12)CCCC3. The average Bonchev–Trinajstić information content (AvgIpc) is 2.61. The van der Waals surface area contributed by atoms with Crippen molar-refractivity contribution in [1.82, 2.24) is 14.6 Å². The summed E-state index contributed by atoms with van der Waals surface area (Å²) in [5, 5.41) is 7.91. The van der Waals surface area contributed by atoms with Crippen molar-refractivity contribution in [1.29, 1.82) is 0 Å². The van der Waals surface area contributed by atoms with E-state index in [1.54, 1.807) is 0 Å². The molecule has 72 valence electrons. The molecule has 4 nitrogen and oxygen atoms in total. The lowest BCUT2D eigenvalue weighted by Gasteiger charge is -2.16. The third kappa shape index (κ3) is 0.937. The summed E-state index contributed by atoms with van der Waals surface area (Å²) < 4.78 is 1.98. The largest absolute Gasteiger partial charge is 0.368 e.